The van der Waals surface area contributed by atoms with Crippen molar-refractivity contribution in [3.8, 4) is 6.19 Å². The maximum atomic E-state index is 8.84. The number of nitriles is 1. The Morgan fingerprint density at radius 1 is 1.23 bits per heavy atom. The van der Waals surface area contributed by atoms with Gasteiger partial charge in [0.1, 0.15) is 0 Å². The van der Waals surface area contributed by atoms with E-state index in [1.807, 2.05) is 6.19 Å². The van der Waals surface area contributed by atoms with E-state index in [0.29, 0.717) is 12.0 Å². The number of hydrogen-bond acceptors (Lipinski definition) is 3. The highest BCUT2D eigenvalue weighted by atomic mass is 15.3. The minimum atomic E-state index is 0.0566. The van der Waals surface area contributed by atoms with Crippen molar-refractivity contribution in [1.82, 2.24) is 10.2 Å². The van der Waals surface area contributed by atoms with E-state index in [2.05, 4.69) is 49.8 Å². The van der Waals surface area contributed by atoms with E-state index in [-0.39, 0.29) is 11.1 Å². The third-order valence-corrected chi connectivity index (χ3v) is 4.32. The van der Waals surface area contributed by atoms with Crippen molar-refractivity contribution in [1.29, 1.82) is 5.26 Å². The number of rotatable bonds is 6. The van der Waals surface area contributed by atoms with Crippen molar-refractivity contribution in [2.45, 2.75) is 90.3 Å². The second kappa shape index (κ2) is 7.82. The van der Waals surface area contributed by atoms with Gasteiger partial charge >= 0.3 is 0 Å². The van der Waals surface area contributed by atoms with Gasteiger partial charge in [-0.1, -0.05) is 26.2 Å². The molecular weight excluding hydrogens is 274 g/mol. The van der Waals surface area contributed by atoms with Crippen LogP contribution in [0.5, 0.6) is 0 Å². The molecule has 1 heterocycles. The predicted octanol–water partition coefficient (Wildman–Crippen LogP) is 2.97. The molecule has 0 radical (unpaired) electrons. The van der Waals surface area contributed by atoms with Crippen LogP contribution in [0.1, 0.15) is 73.1 Å². The third-order valence-electron chi connectivity index (χ3n) is 4.32. The molecule has 0 saturated carbocycles. The Balaban J connectivity index is 2.85. The molecule has 3 N–H and O–H groups in total. The number of piperidine rings is 1. The van der Waals surface area contributed by atoms with Crippen LogP contribution >= 0.6 is 0 Å². The third kappa shape index (κ3) is 5.84. The van der Waals surface area contributed by atoms with Crippen molar-refractivity contribution in [3.05, 3.63) is 0 Å². The first-order chi connectivity index (χ1) is 10.2. The van der Waals surface area contributed by atoms with Crippen LogP contribution in [0.4, 0.5) is 0 Å². The number of nitrogens with zero attached hydrogens (tertiary/aromatic N) is 3. The summed E-state index contributed by atoms with van der Waals surface area (Å²) in [5, 5.41) is 12.5. The zero-order valence-corrected chi connectivity index (χ0v) is 14.9. The molecule has 126 valence electrons. The molecule has 0 bridgehead atoms. The van der Waals surface area contributed by atoms with Gasteiger partial charge in [-0.15, -0.1) is 4.99 Å². The lowest BCUT2D eigenvalue weighted by molar-refractivity contribution is 0.102. The zero-order valence-electron chi connectivity index (χ0n) is 14.9. The molecule has 1 rings (SSSR count). The molecule has 0 aliphatic carbocycles. The summed E-state index contributed by atoms with van der Waals surface area (Å²) in [5.41, 5.74) is 6.20. The van der Waals surface area contributed by atoms with Gasteiger partial charge in [-0.3, -0.25) is 0 Å². The van der Waals surface area contributed by atoms with E-state index in [4.69, 9.17) is 11.0 Å². The Bertz CT molecular complexity index is 403. The van der Waals surface area contributed by atoms with Gasteiger partial charge in [-0.2, -0.15) is 5.26 Å². The first-order valence-electron chi connectivity index (χ1n) is 8.49. The summed E-state index contributed by atoms with van der Waals surface area (Å²) in [4.78, 5) is 5.96. The fourth-order valence-corrected chi connectivity index (χ4v) is 3.80. The summed E-state index contributed by atoms with van der Waals surface area (Å²) in [6, 6.07) is 0.324. The minimum Gasteiger partial charge on any atom is -0.369 e. The van der Waals surface area contributed by atoms with Crippen LogP contribution in [-0.4, -0.2) is 34.5 Å². The fourth-order valence-electron chi connectivity index (χ4n) is 3.80. The fraction of sp³-hybridized carbons (Fsp3) is 0.882. The summed E-state index contributed by atoms with van der Waals surface area (Å²) in [7, 11) is 0. The Morgan fingerprint density at radius 3 is 2.32 bits per heavy atom. The van der Waals surface area contributed by atoms with Crippen LogP contribution in [0.3, 0.4) is 0 Å². The molecule has 0 spiro atoms. The Kier molecular flexibility index (Phi) is 6.67. The molecule has 1 saturated heterocycles. The van der Waals surface area contributed by atoms with E-state index < -0.39 is 0 Å². The molecule has 0 aromatic heterocycles. The average Bonchev–Trinajstić information content (AvgIpc) is 2.35. The van der Waals surface area contributed by atoms with Crippen molar-refractivity contribution < 1.29 is 0 Å². The van der Waals surface area contributed by atoms with Gasteiger partial charge in [0, 0.05) is 23.7 Å². The van der Waals surface area contributed by atoms with Gasteiger partial charge in [-0.25, -0.2) is 0 Å². The van der Waals surface area contributed by atoms with Gasteiger partial charge < -0.3 is 16.0 Å². The molecule has 5 nitrogen and oxygen atoms in total. The lowest BCUT2D eigenvalue weighted by Crippen LogP contribution is -2.63. The number of hydrogen-bond donors (Lipinski definition) is 2. The smallest absolute Gasteiger partial charge is 0.209 e. The highest BCUT2D eigenvalue weighted by molar-refractivity contribution is 5.79. The second-order valence-electron chi connectivity index (χ2n) is 7.78. The normalized spacial score (nSPS) is 21.4. The summed E-state index contributed by atoms with van der Waals surface area (Å²) < 4.78 is 0. The maximum absolute atomic E-state index is 8.84. The summed E-state index contributed by atoms with van der Waals surface area (Å²) in [6.07, 6.45) is 8.60. The van der Waals surface area contributed by atoms with Crippen LogP contribution in [0.15, 0.2) is 4.99 Å². The SMILES string of the molecule is CCCCCCN(/C(N)=N/C#N)C1CC(C)(C)NC(C)(C)C1. The highest BCUT2D eigenvalue weighted by Crippen LogP contribution is 2.31. The monoisotopic (exact) mass is 307 g/mol. The van der Waals surface area contributed by atoms with Crippen LogP contribution in [0.25, 0.3) is 0 Å². The van der Waals surface area contributed by atoms with Gasteiger partial charge in [0.25, 0.3) is 0 Å². The molecule has 1 aliphatic heterocycles. The largest absolute Gasteiger partial charge is 0.369 e. The van der Waals surface area contributed by atoms with Gasteiger partial charge in [-0.05, 0) is 47.0 Å². The number of unbranched alkanes of at least 4 members (excludes halogenated alkanes) is 3. The first-order valence-corrected chi connectivity index (χ1v) is 8.49. The topological polar surface area (TPSA) is 77.4 Å². The molecule has 1 aliphatic rings. The first kappa shape index (κ1) is 18.8. The van der Waals surface area contributed by atoms with Crippen molar-refractivity contribution in [2.24, 2.45) is 10.7 Å². The summed E-state index contributed by atoms with van der Waals surface area (Å²) >= 11 is 0. The van der Waals surface area contributed by atoms with Crippen LogP contribution in [0.2, 0.25) is 0 Å². The average molecular weight is 307 g/mol. The zero-order chi connectivity index (χ0) is 16.8. The lowest BCUT2D eigenvalue weighted by atomic mass is 9.79. The van der Waals surface area contributed by atoms with Crippen LogP contribution in [0, 0.1) is 11.5 Å². The van der Waals surface area contributed by atoms with Crippen LogP contribution < -0.4 is 11.1 Å². The van der Waals surface area contributed by atoms with E-state index in [1.54, 1.807) is 0 Å². The van der Waals surface area contributed by atoms with E-state index in [9.17, 15) is 0 Å². The number of aliphatic imine (C=N–C) groups is 1. The molecule has 5 heteroatoms. The van der Waals surface area contributed by atoms with E-state index >= 15 is 0 Å². The van der Waals surface area contributed by atoms with Gasteiger partial charge in [0.2, 0.25) is 12.2 Å². The van der Waals surface area contributed by atoms with Crippen LogP contribution in [-0.2, 0) is 0 Å². The molecule has 0 unspecified atom stereocenters. The highest BCUT2D eigenvalue weighted by Gasteiger charge is 2.40. The summed E-state index contributed by atoms with van der Waals surface area (Å²) in [5.74, 6) is 0.373. The van der Waals surface area contributed by atoms with Gasteiger partial charge in [0.15, 0.2) is 0 Å². The van der Waals surface area contributed by atoms with E-state index in [0.717, 1.165) is 25.8 Å². The Morgan fingerprint density at radius 2 is 1.82 bits per heavy atom. The standard InChI is InChI=1S/C17H33N5/c1-6-7-8-9-10-22(15(19)20-13-18)14-11-16(2,3)21-17(4,5)12-14/h14,21H,6-12H2,1-5H3,(H2,19,20). The molecular formula is C17H33N5. The molecule has 1 fully saturated rings. The molecule has 0 aromatic carbocycles. The Labute approximate surface area is 136 Å². The maximum Gasteiger partial charge on any atom is 0.209 e. The molecule has 0 atom stereocenters. The molecule has 22 heavy (non-hydrogen) atoms. The van der Waals surface area contributed by atoms with Crippen molar-refractivity contribution in [3.63, 3.8) is 0 Å². The number of guanidine groups is 1. The molecule has 0 amide bonds. The van der Waals surface area contributed by atoms with Crippen molar-refractivity contribution >= 4 is 5.96 Å². The van der Waals surface area contributed by atoms with E-state index in [1.165, 1.54) is 19.3 Å². The second-order valence-corrected chi connectivity index (χ2v) is 7.78. The minimum absolute atomic E-state index is 0.0566. The predicted molar refractivity (Wildman–Crippen MR) is 92.4 cm³/mol. The lowest BCUT2D eigenvalue weighted by Gasteiger charge is -2.49. The van der Waals surface area contributed by atoms with Gasteiger partial charge in [0.05, 0.1) is 0 Å². The summed E-state index contributed by atoms with van der Waals surface area (Å²) in [6.45, 7) is 12.0. The number of nitrogens with two attached hydrogens (primary N) is 1. The molecule has 0 aromatic rings. The number of nitrogens with one attached hydrogen (secondary N) is 1. The quantitative estimate of drug-likeness (QED) is 0.342. The van der Waals surface area contributed by atoms with Crippen molar-refractivity contribution in [2.75, 3.05) is 6.54 Å². The Hall–Kier alpha value is -1.28.